The standard InChI is InChI=1S/C12H14N2O3/c1-7(12(16)17)13-11(15)10-6-8-4-2-3-5-9(8)14-10/h2-5,7,10,14H,6H2,1H3,(H,13,15)(H,16,17)/t7-,10?/m0/s1. The first-order chi connectivity index (χ1) is 8.08. The first-order valence-electron chi connectivity index (χ1n) is 5.45. The van der Waals surface area contributed by atoms with Gasteiger partial charge in [0.15, 0.2) is 0 Å². The molecule has 1 aliphatic heterocycles. The molecule has 5 heteroatoms. The molecule has 90 valence electrons. The number of fused-ring (bicyclic) bond motifs is 1. The average Bonchev–Trinajstić information content (AvgIpc) is 2.72. The van der Waals surface area contributed by atoms with Crippen molar-refractivity contribution in [2.75, 3.05) is 5.32 Å². The summed E-state index contributed by atoms with van der Waals surface area (Å²) >= 11 is 0. The monoisotopic (exact) mass is 234 g/mol. The van der Waals surface area contributed by atoms with E-state index >= 15 is 0 Å². The normalized spacial score (nSPS) is 19.0. The predicted molar refractivity (Wildman–Crippen MR) is 62.8 cm³/mol. The van der Waals surface area contributed by atoms with E-state index < -0.39 is 12.0 Å². The fourth-order valence-electron chi connectivity index (χ4n) is 1.83. The molecule has 1 heterocycles. The first kappa shape index (κ1) is 11.4. The lowest BCUT2D eigenvalue weighted by molar-refractivity contribution is -0.141. The van der Waals surface area contributed by atoms with E-state index in [-0.39, 0.29) is 11.9 Å². The van der Waals surface area contributed by atoms with Crippen LogP contribution in [0.4, 0.5) is 5.69 Å². The number of rotatable bonds is 3. The Hall–Kier alpha value is -2.04. The van der Waals surface area contributed by atoms with Crippen molar-refractivity contribution in [2.45, 2.75) is 25.4 Å². The maximum Gasteiger partial charge on any atom is 0.325 e. The van der Waals surface area contributed by atoms with Gasteiger partial charge in [0.05, 0.1) is 0 Å². The molecule has 0 aliphatic carbocycles. The van der Waals surface area contributed by atoms with E-state index in [0.717, 1.165) is 11.3 Å². The summed E-state index contributed by atoms with van der Waals surface area (Å²) < 4.78 is 0. The Morgan fingerprint density at radius 3 is 2.82 bits per heavy atom. The molecule has 0 saturated heterocycles. The van der Waals surface area contributed by atoms with E-state index in [2.05, 4.69) is 10.6 Å². The number of anilines is 1. The molecular formula is C12H14N2O3. The maximum absolute atomic E-state index is 11.8. The highest BCUT2D eigenvalue weighted by Gasteiger charge is 2.28. The zero-order chi connectivity index (χ0) is 12.4. The number of amides is 1. The number of hydrogen-bond donors (Lipinski definition) is 3. The number of hydrogen-bond acceptors (Lipinski definition) is 3. The zero-order valence-corrected chi connectivity index (χ0v) is 9.43. The number of nitrogens with one attached hydrogen (secondary N) is 2. The summed E-state index contributed by atoms with van der Waals surface area (Å²) in [6.45, 7) is 1.45. The Labute approximate surface area is 98.8 Å². The third-order valence-electron chi connectivity index (χ3n) is 2.82. The van der Waals surface area contributed by atoms with Crippen LogP contribution in [0.3, 0.4) is 0 Å². The van der Waals surface area contributed by atoms with Crippen LogP contribution >= 0.6 is 0 Å². The van der Waals surface area contributed by atoms with Gasteiger partial charge < -0.3 is 15.7 Å². The van der Waals surface area contributed by atoms with Crippen molar-refractivity contribution >= 4 is 17.6 Å². The Balaban J connectivity index is 1.99. The SMILES string of the molecule is C[C@H](NC(=O)C1Cc2ccccc2N1)C(=O)O. The number of para-hydroxylation sites is 1. The van der Waals surface area contributed by atoms with Gasteiger partial charge in [-0.1, -0.05) is 18.2 Å². The van der Waals surface area contributed by atoms with E-state index in [1.165, 1.54) is 6.92 Å². The number of carboxylic acids is 1. The highest BCUT2D eigenvalue weighted by molar-refractivity contribution is 5.90. The summed E-state index contributed by atoms with van der Waals surface area (Å²) in [4.78, 5) is 22.4. The van der Waals surface area contributed by atoms with Gasteiger partial charge in [-0.15, -0.1) is 0 Å². The molecule has 0 fully saturated rings. The molecule has 1 amide bonds. The minimum absolute atomic E-state index is 0.281. The molecule has 2 rings (SSSR count). The molecule has 0 saturated carbocycles. The highest BCUT2D eigenvalue weighted by atomic mass is 16.4. The van der Waals surface area contributed by atoms with Crippen molar-refractivity contribution < 1.29 is 14.7 Å². The number of carbonyl (C=O) groups is 2. The molecule has 2 atom stereocenters. The second-order valence-electron chi connectivity index (χ2n) is 4.13. The molecule has 1 aromatic carbocycles. The Bertz CT molecular complexity index is 434. The quantitative estimate of drug-likeness (QED) is 0.716. The van der Waals surface area contributed by atoms with Crippen LogP contribution in [0.1, 0.15) is 12.5 Å². The summed E-state index contributed by atoms with van der Waals surface area (Å²) in [5.41, 5.74) is 2.02. The van der Waals surface area contributed by atoms with Crippen LogP contribution in [-0.4, -0.2) is 29.1 Å². The van der Waals surface area contributed by atoms with E-state index in [1.807, 2.05) is 24.3 Å². The third kappa shape index (κ3) is 2.38. The van der Waals surface area contributed by atoms with Crippen molar-refractivity contribution in [1.29, 1.82) is 0 Å². The number of benzene rings is 1. The van der Waals surface area contributed by atoms with Gasteiger partial charge >= 0.3 is 5.97 Å². The molecule has 3 N–H and O–H groups in total. The van der Waals surface area contributed by atoms with Crippen LogP contribution in [0.25, 0.3) is 0 Å². The predicted octanol–water partition coefficient (Wildman–Crippen LogP) is 0.612. The molecule has 0 bridgehead atoms. The molecule has 1 aliphatic rings. The van der Waals surface area contributed by atoms with Crippen LogP contribution < -0.4 is 10.6 Å². The van der Waals surface area contributed by atoms with E-state index in [4.69, 9.17) is 5.11 Å². The minimum atomic E-state index is -1.03. The summed E-state index contributed by atoms with van der Waals surface area (Å²) in [7, 11) is 0. The van der Waals surface area contributed by atoms with Crippen molar-refractivity contribution in [3.8, 4) is 0 Å². The van der Waals surface area contributed by atoms with Crippen LogP contribution in [0.2, 0.25) is 0 Å². The van der Waals surface area contributed by atoms with Gasteiger partial charge in [0, 0.05) is 12.1 Å². The molecule has 1 unspecified atom stereocenters. The van der Waals surface area contributed by atoms with Gasteiger partial charge in [0.2, 0.25) is 5.91 Å². The van der Waals surface area contributed by atoms with Crippen molar-refractivity contribution in [1.82, 2.24) is 5.32 Å². The van der Waals surface area contributed by atoms with Gasteiger partial charge in [-0.25, -0.2) is 0 Å². The van der Waals surface area contributed by atoms with Crippen LogP contribution in [0.5, 0.6) is 0 Å². The van der Waals surface area contributed by atoms with E-state index in [0.29, 0.717) is 6.42 Å². The Morgan fingerprint density at radius 2 is 2.18 bits per heavy atom. The summed E-state index contributed by atoms with van der Waals surface area (Å²) in [5.74, 6) is -1.31. The number of carboxylic acid groups (broad SMARTS) is 1. The van der Waals surface area contributed by atoms with Crippen molar-refractivity contribution in [2.24, 2.45) is 0 Å². The van der Waals surface area contributed by atoms with Crippen molar-refractivity contribution in [3.05, 3.63) is 29.8 Å². The summed E-state index contributed by atoms with van der Waals surface area (Å²) in [5, 5.41) is 14.2. The second kappa shape index (κ2) is 4.45. The van der Waals surface area contributed by atoms with Crippen LogP contribution in [-0.2, 0) is 16.0 Å². The van der Waals surface area contributed by atoms with Gasteiger partial charge in [-0.3, -0.25) is 9.59 Å². The van der Waals surface area contributed by atoms with Crippen LogP contribution in [0.15, 0.2) is 24.3 Å². The summed E-state index contributed by atoms with van der Waals surface area (Å²) in [6, 6.07) is 6.42. The van der Waals surface area contributed by atoms with Crippen molar-refractivity contribution in [3.63, 3.8) is 0 Å². The molecule has 0 spiro atoms. The van der Waals surface area contributed by atoms with Gasteiger partial charge in [0.25, 0.3) is 0 Å². The fraction of sp³-hybridized carbons (Fsp3) is 0.333. The molecule has 0 radical (unpaired) electrons. The minimum Gasteiger partial charge on any atom is -0.480 e. The lowest BCUT2D eigenvalue weighted by Gasteiger charge is -2.14. The fourth-order valence-corrected chi connectivity index (χ4v) is 1.83. The molecule has 5 nitrogen and oxygen atoms in total. The molecular weight excluding hydrogens is 220 g/mol. The Morgan fingerprint density at radius 1 is 1.47 bits per heavy atom. The second-order valence-corrected chi connectivity index (χ2v) is 4.13. The summed E-state index contributed by atoms with van der Waals surface area (Å²) in [6.07, 6.45) is 0.592. The largest absolute Gasteiger partial charge is 0.480 e. The van der Waals surface area contributed by atoms with Crippen LogP contribution in [0, 0.1) is 0 Å². The first-order valence-corrected chi connectivity index (χ1v) is 5.45. The average molecular weight is 234 g/mol. The molecule has 1 aromatic rings. The lowest BCUT2D eigenvalue weighted by atomic mass is 10.1. The Kier molecular flexibility index (Phi) is 2.99. The zero-order valence-electron chi connectivity index (χ0n) is 9.43. The maximum atomic E-state index is 11.8. The highest BCUT2D eigenvalue weighted by Crippen LogP contribution is 2.25. The van der Waals surface area contributed by atoms with Gasteiger partial charge in [-0.05, 0) is 18.6 Å². The van der Waals surface area contributed by atoms with Gasteiger partial charge in [0.1, 0.15) is 12.1 Å². The number of aliphatic carboxylic acids is 1. The van der Waals surface area contributed by atoms with E-state index in [9.17, 15) is 9.59 Å². The van der Waals surface area contributed by atoms with Gasteiger partial charge in [-0.2, -0.15) is 0 Å². The smallest absolute Gasteiger partial charge is 0.325 e. The lowest BCUT2D eigenvalue weighted by Crippen LogP contribution is -2.45. The number of carbonyl (C=O) groups excluding carboxylic acids is 1. The topological polar surface area (TPSA) is 78.4 Å². The van der Waals surface area contributed by atoms with E-state index in [1.54, 1.807) is 0 Å². The molecule has 0 aromatic heterocycles. The molecule has 17 heavy (non-hydrogen) atoms. The third-order valence-corrected chi connectivity index (χ3v) is 2.82.